The molecular weight excluding hydrogens is 204 g/mol. The molecule has 2 saturated heterocycles. The number of hydrogen-bond donors (Lipinski definition) is 2. The molecule has 2 heterocycles. The first kappa shape index (κ1) is 10.7. The number of hydrogen-bond acceptors (Lipinski definition) is 5. The highest BCUT2D eigenvalue weighted by molar-refractivity contribution is 8.01. The van der Waals surface area contributed by atoms with Crippen LogP contribution in [0.3, 0.4) is 0 Å². The number of aliphatic hydroxyl groups is 2. The van der Waals surface area contributed by atoms with E-state index in [1.807, 2.05) is 13.8 Å². The van der Waals surface area contributed by atoms with E-state index in [1.165, 1.54) is 11.8 Å². The number of thioether (sulfide) groups is 1. The molecule has 2 aliphatic rings. The molecule has 0 aromatic heterocycles. The Morgan fingerprint density at radius 2 is 1.93 bits per heavy atom. The fourth-order valence-electron chi connectivity index (χ4n) is 2.05. The topological polar surface area (TPSA) is 58.9 Å². The summed E-state index contributed by atoms with van der Waals surface area (Å²) in [5.41, 5.74) is 0. The highest BCUT2D eigenvalue weighted by Crippen LogP contribution is 2.47. The van der Waals surface area contributed by atoms with Crippen molar-refractivity contribution >= 4 is 11.8 Å². The van der Waals surface area contributed by atoms with Crippen molar-refractivity contribution in [3.05, 3.63) is 0 Å². The predicted octanol–water partition coefficient (Wildman–Crippen LogP) is -0.0233. The highest BCUT2D eigenvalue weighted by Gasteiger charge is 2.57. The Hall–Kier alpha value is 0.190. The molecule has 0 bridgehead atoms. The molecule has 0 aromatic rings. The van der Waals surface area contributed by atoms with E-state index in [2.05, 4.69) is 0 Å². The van der Waals surface area contributed by atoms with Gasteiger partial charge in [0.25, 0.3) is 0 Å². The van der Waals surface area contributed by atoms with Gasteiger partial charge < -0.3 is 19.7 Å². The summed E-state index contributed by atoms with van der Waals surface area (Å²) in [5.74, 6) is 0.182. The van der Waals surface area contributed by atoms with Gasteiger partial charge in [-0.05, 0) is 13.8 Å². The summed E-state index contributed by atoms with van der Waals surface area (Å²) < 4.78 is 10.8. The zero-order chi connectivity index (χ0) is 10.4. The monoisotopic (exact) mass is 220 g/mol. The number of aliphatic hydroxyl groups excluding tert-OH is 2. The van der Waals surface area contributed by atoms with Crippen molar-refractivity contribution in [1.29, 1.82) is 0 Å². The zero-order valence-corrected chi connectivity index (χ0v) is 9.21. The maximum Gasteiger partial charge on any atom is 0.163 e. The van der Waals surface area contributed by atoms with Crippen LogP contribution in [0.1, 0.15) is 13.8 Å². The maximum atomic E-state index is 9.32. The van der Waals surface area contributed by atoms with Gasteiger partial charge in [-0.15, -0.1) is 11.8 Å². The van der Waals surface area contributed by atoms with Gasteiger partial charge >= 0.3 is 0 Å². The van der Waals surface area contributed by atoms with Gasteiger partial charge in [0.2, 0.25) is 0 Å². The van der Waals surface area contributed by atoms with Crippen LogP contribution in [0.2, 0.25) is 0 Å². The van der Waals surface area contributed by atoms with Gasteiger partial charge in [0.15, 0.2) is 5.79 Å². The van der Waals surface area contributed by atoms with Crippen molar-refractivity contribution in [2.24, 2.45) is 0 Å². The van der Waals surface area contributed by atoms with Gasteiger partial charge in [0.1, 0.15) is 6.10 Å². The largest absolute Gasteiger partial charge is 0.395 e. The van der Waals surface area contributed by atoms with E-state index < -0.39 is 10.5 Å². The average Bonchev–Trinajstić information content (AvgIpc) is 2.59. The summed E-state index contributed by atoms with van der Waals surface area (Å²) >= 11 is 1.53. The average molecular weight is 220 g/mol. The lowest BCUT2D eigenvalue weighted by Crippen LogP contribution is -2.46. The van der Waals surface area contributed by atoms with Crippen molar-refractivity contribution in [3.63, 3.8) is 0 Å². The lowest BCUT2D eigenvalue weighted by molar-refractivity contribution is -0.151. The summed E-state index contributed by atoms with van der Waals surface area (Å²) in [4.78, 5) is 0. The van der Waals surface area contributed by atoms with Crippen molar-refractivity contribution in [2.75, 3.05) is 19.0 Å². The molecule has 0 spiro atoms. The Bertz CT molecular complexity index is 227. The number of fused-ring (bicyclic) bond motifs is 1. The van der Waals surface area contributed by atoms with E-state index in [-0.39, 0.29) is 25.4 Å². The van der Waals surface area contributed by atoms with Crippen LogP contribution >= 0.6 is 11.8 Å². The van der Waals surface area contributed by atoms with Crippen molar-refractivity contribution in [1.82, 2.24) is 0 Å². The van der Waals surface area contributed by atoms with Crippen LogP contribution in [0.5, 0.6) is 0 Å². The summed E-state index contributed by atoms with van der Waals surface area (Å²) in [7, 11) is 0. The second-order valence-electron chi connectivity index (χ2n) is 4.29. The molecule has 2 atom stereocenters. The molecule has 14 heavy (non-hydrogen) atoms. The van der Waals surface area contributed by atoms with E-state index in [1.54, 1.807) is 0 Å². The maximum absolute atomic E-state index is 9.32. The second kappa shape index (κ2) is 3.35. The molecule has 0 aliphatic carbocycles. The third-order valence-electron chi connectivity index (χ3n) is 2.77. The second-order valence-corrected chi connectivity index (χ2v) is 5.72. The van der Waals surface area contributed by atoms with Gasteiger partial charge in [-0.25, -0.2) is 0 Å². The van der Waals surface area contributed by atoms with Crippen LogP contribution < -0.4 is 0 Å². The normalized spacial score (nSPS) is 38.6. The van der Waals surface area contributed by atoms with Crippen LogP contribution in [-0.2, 0) is 9.47 Å². The first-order valence-corrected chi connectivity index (χ1v) is 5.73. The Morgan fingerprint density at radius 3 is 2.50 bits per heavy atom. The molecule has 4 nitrogen and oxygen atoms in total. The molecule has 0 amide bonds. The zero-order valence-electron chi connectivity index (χ0n) is 8.40. The third kappa shape index (κ3) is 1.47. The first-order valence-electron chi connectivity index (χ1n) is 4.74. The van der Waals surface area contributed by atoms with E-state index in [0.29, 0.717) is 0 Å². The quantitative estimate of drug-likeness (QED) is 0.685. The molecule has 0 unspecified atom stereocenters. The Kier molecular flexibility index (Phi) is 2.56. The number of rotatable bonds is 2. The van der Waals surface area contributed by atoms with Gasteiger partial charge in [-0.1, -0.05) is 0 Å². The van der Waals surface area contributed by atoms with E-state index in [0.717, 1.165) is 5.75 Å². The van der Waals surface area contributed by atoms with Crippen LogP contribution in [0.4, 0.5) is 0 Å². The highest BCUT2D eigenvalue weighted by atomic mass is 32.2. The molecular formula is C9H16O4S. The van der Waals surface area contributed by atoms with Gasteiger partial charge in [-0.2, -0.15) is 0 Å². The Morgan fingerprint density at radius 1 is 1.29 bits per heavy atom. The Labute approximate surface area is 87.6 Å². The standard InChI is InChI=1S/C9H16O4S/c1-8(2)12-6-3-14-9(4-10,5-11)7(6)13-8/h6-7,10-11H,3-5H2,1-2H3/t6-,7-/m0/s1. The fourth-order valence-corrected chi connectivity index (χ4v) is 3.34. The SMILES string of the molecule is CC1(C)O[C@H]2CSC(CO)(CO)[C@H]2O1. The number of ether oxygens (including phenoxy) is 2. The molecule has 82 valence electrons. The van der Waals surface area contributed by atoms with E-state index in [9.17, 15) is 10.2 Å². The fraction of sp³-hybridized carbons (Fsp3) is 1.00. The minimum atomic E-state index is -0.591. The summed E-state index contributed by atoms with van der Waals surface area (Å²) in [5, 5.41) is 18.6. The molecule has 2 N–H and O–H groups in total. The minimum absolute atomic E-state index is 0.00528. The third-order valence-corrected chi connectivity index (χ3v) is 4.33. The van der Waals surface area contributed by atoms with Crippen LogP contribution in [0.25, 0.3) is 0 Å². The molecule has 0 radical (unpaired) electrons. The van der Waals surface area contributed by atoms with Crippen LogP contribution in [0.15, 0.2) is 0 Å². The van der Waals surface area contributed by atoms with Gasteiger partial charge in [-0.3, -0.25) is 0 Å². The molecule has 0 aromatic carbocycles. The summed E-state index contributed by atoms with van der Waals surface area (Å²) in [6.07, 6.45) is -0.202. The lowest BCUT2D eigenvalue weighted by Gasteiger charge is -2.30. The van der Waals surface area contributed by atoms with Crippen molar-refractivity contribution in [3.8, 4) is 0 Å². The molecule has 2 fully saturated rings. The van der Waals surface area contributed by atoms with Crippen molar-refractivity contribution < 1.29 is 19.7 Å². The molecule has 5 heteroatoms. The van der Waals surface area contributed by atoms with Crippen LogP contribution in [0, 0.1) is 0 Å². The van der Waals surface area contributed by atoms with E-state index in [4.69, 9.17) is 9.47 Å². The van der Waals surface area contributed by atoms with E-state index >= 15 is 0 Å². The molecule has 0 saturated carbocycles. The smallest absolute Gasteiger partial charge is 0.163 e. The molecule has 2 rings (SSSR count). The lowest BCUT2D eigenvalue weighted by atomic mass is 10.00. The van der Waals surface area contributed by atoms with Gasteiger partial charge in [0, 0.05) is 5.75 Å². The van der Waals surface area contributed by atoms with Gasteiger partial charge in [0.05, 0.1) is 24.1 Å². The minimum Gasteiger partial charge on any atom is -0.395 e. The van der Waals surface area contributed by atoms with Crippen molar-refractivity contribution in [2.45, 2.75) is 36.6 Å². The summed E-state index contributed by atoms with van der Waals surface area (Å²) in [6.45, 7) is 3.56. The summed E-state index contributed by atoms with van der Waals surface area (Å²) in [6, 6.07) is 0. The first-order chi connectivity index (χ1) is 6.53. The molecule has 2 aliphatic heterocycles. The predicted molar refractivity (Wildman–Crippen MR) is 53.2 cm³/mol. The Balaban J connectivity index is 2.18. The van der Waals surface area contributed by atoms with Crippen LogP contribution in [-0.4, -0.2) is 51.9 Å².